The lowest BCUT2D eigenvalue weighted by atomic mass is 10.1. The van der Waals surface area contributed by atoms with Crippen molar-refractivity contribution >= 4 is 17.3 Å². The van der Waals surface area contributed by atoms with Gasteiger partial charge < -0.3 is 11.1 Å². The number of nitro benzene ring substituents is 1. The Bertz CT molecular complexity index is 564. The molecule has 0 spiro atoms. The number of nitrogens with one attached hydrogen (secondary N) is 1. The first-order valence-corrected chi connectivity index (χ1v) is 5.93. The molecular weight excluding hydrogens is 258 g/mol. The third-order valence-corrected chi connectivity index (χ3v) is 2.81. The molecule has 0 unspecified atom stereocenters. The summed E-state index contributed by atoms with van der Waals surface area (Å²) in [5.74, 6) is -0.458. The van der Waals surface area contributed by atoms with Crippen LogP contribution in [-0.2, 0) is 6.54 Å². The van der Waals surface area contributed by atoms with Crippen molar-refractivity contribution in [2.75, 3.05) is 5.32 Å². The Morgan fingerprint density at radius 3 is 2.20 bits per heavy atom. The monoisotopic (exact) mass is 271 g/mol. The van der Waals surface area contributed by atoms with E-state index in [1.54, 1.807) is 36.4 Å². The van der Waals surface area contributed by atoms with Crippen LogP contribution in [-0.4, -0.2) is 10.8 Å². The molecule has 0 saturated heterocycles. The number of non-ortho nitro benzene ring substituents is 1. The van der Waals surface area contributed by atoms with E-state index in [0.717, 1.165) is 11.3 Å². The summed E-state index contributed by atoms with van der Waals surface area (Å²) >= 11 is 0. The van der Waals surface area contributed by atoms with E-state index >= 15 is 0 Å². The molecule has 0 atom stereocenters. The lowest BCUT2D eigenvalue weighted by Gasteiger charge is -2.06. The van der Waals surface area contributed by atoms with Crippen LogP contribution >= 0.6 is 0 Å². The van der Waals surface area contributed by atoms with Gasteiger partial charge in [0.1, 0.15) is 0 Å². The molecule has 0 heterocycles. The summed E-state index contributed by atoms with van der Waals surface area (Å²) in [5.41, 5.74) is 7.44. The molecule has 0 saturated carbocycles. The van der Waals surface area contributed by atoms with Gasteiger partial charge in [-0.25, -0.2) is 0 Å². The number of nitrogens with zero attached hydrogens (tertiary/aromatic N) is 1. The molecule has 0 fully saturated rings. The number of rotatable bonds is 5. The van der Waals surface area contributed by atoms with Gasteiger partial charge in [-0.05, 0) is 29.8 Å². The highest BCUT2D eigenvalue weighted by molar-refractivity contribution is 5.92. The number of amides is 1. The van der Waals surface area contributed by atoms with Crippen LogP contribution in [0.4, 0.5) is 11.4 Å². The molecule has 1 amide bonds. The van der Waals surface area contributed by atoms with Gasteiger partial charge >= 0.3 is 0 Å². The van der Waals surface area contributed by atoms with Gasteiger partial charge in [0.2, 0.25) is 5.91 Å². The molecule has 2 aromatic carbocycles. The normalized spacial score (nSPS) is 10.0. The van der Waals surface area contributed by atoms with Gasteiger partial charge in [-0.2, -0.15) is 0 Å². The van der Waals surface area contributed by atoms with Crippen molar-refractivity contribution in [3.63, 3.8) is 0 Å². The SMILES string of the molecule is NC(=O)c1ccc(CNc2ccc([N+](=O)[O-])cc2)cc1. The van der Waals surface area contributed by atoms with Crippen LogP contribution < -0.4 is 11.1 Å². The van der Waals surface area contributed by atoms with Crippen LogP contribution in [0.1, 0.15) is 15.9 Å². The second-order valence-electron chi connectivity index (χ2n) is 4.22. The van der Waals surface area contributed by atoms with Crippen LogP contribution in [0.25, 0.3) is 0 Å². The van der Waals surface area contributed by atoms with Crippen LogP contribution in [0.5, 0.6) is 0 Å². The predicted octanol–water partition coefficient (Wildman–Crippen LogP) is 2.31. The van der Waals surface area contributed by atoms with Gasteiger partial charge in [0.15, 0.2) is 0 Å². The maximum Gasteiger partial charge on any atom is 0.269 e. The number of carbonyl (C=O) groups excluding carboxylic acids is 1. The van der Waals surface area contributed by atoms with Crippen molar-refractivity contribution in [1.29, 1.82) is 0 Å². The summed E-state index contributed by atoms with van der Waals surface area (Å²) in [6, 6.07) is 13.1. The maximum atomic E-state index is 10.9. The lowest BCUT2D eigenvalue weighted by molar-refractivity contribution is -0.384. The number of anilines is 1. The lowest BCUT2D eigenvalue weighted by Crippen LogP contribution is -2.10. The van der Waals surface area contributed by atoms with Gasteiger partial charge in [0.25, 0.3) is 5.69 Å². The second-order valence-corrected chi connectivity index (χ2v) is 4.22. The third kappa shape index (κ3) is 3.32. The molecule has 6 heteroatoms. The molecule has 0 radical (unpaired) electrons. The maximum absolute atomic E-state index is 10.9. The van der Waals surface area contributed by atoms with Crippen molar-refractivity contribution in [3.05, 3.63) is 69.8 Å². The molecule has 0 bridgehead atoms. The Kier molecular flexibility index (Phi) is 3.95. The summed E-state index contributed by atoms with van der Waals surface area (Å²) in [5, 5.41) is 13.7. The number of nitro groups is 1. The number of hydrogen-bond acceptors (Lipinski definition) is 4. The molecule has 2 rings (SSSR count). The minimum absolute atomic E-state index is 0.0568. The highest BCUT2D eigenvalue weighted by Gasteiger charge is 2.04. The highest BCUT2D eigenvalue weighted by Crippen LogP contribution is 2.16. The molecule has 102 valence electrons. The molecule has 2 aromatic rings. The molecule has 0 aliphatic heterocycles. The van der Waals surface area contributed by atoms with E-state index in [1.165, 1.54) is 12.1 Å². The standard InChI is InChI=1S/C14H13N3O3/c15-14(18)11-3-1-10(2-4-11)9-16-12-5-7-13(8-6-12)17(19)20/h1-8,16H,9H2,(H2,15,18). The summed E-state index contributed by atoms with van der Waals surface area (Å²) in [6.07, 6.45) is 0. The number of benzene rings is 2. The first-order chi connectivity index (χ1) is 9.56. The van der Waals surface area contributed by atoms with Crippen molar-refractivity contribution in [3.8, 4) is 0 Å². The second kappa shape index (κ2) is 5.83. The van der Waals surface area contributed by atoms with E-state index in [9.17, 15) is 14.9 Å². The number of nitrogens with two attached hydrogens (primary N) is 1. The Hall–Kier alpha value is -2.89. The smallest absolute Gasteiger partial charge is 0.269 e. The summed E-state index contributed by atoms with van der Waals surface area (Å²) in [7, 11) is 0. The van der Waals surface area contributed by atoms with Crippen LogP contribution in [0.15, 0.2) is 48.5 Å². The minimum Gasteiger partial charge on any atom is -0.381 e. The van der Waals surface area contributed by atoms with Gasteiger partial charge in [-0.1, -0.05) is 12.1 Å². The fourth-order valence-corrected chi connectivity index (χ4v) is 1.69. The zero-order chi connectivity index (χ0) is 14.5. The van der Waals surface area contributed by atoms with Crippen molar-refractivity contribution < 1.29 is 9.72 Å². The Morgan fingerprint density at radius 2 is 1.70 bits per heavy atom. The Labute approximate surface area is 115 Å². The first kappa shape index (κ1) is 13.5. The zero-order valence-corrected chi connectivity index (χ0v) is 10.6. The predicted molar refractivity (Wildman–Crippen MR) is 75.4 cm³/mol. The van der Waals surface area contributed by atoms with Crippen LogP contribution in [0.2, 0.25) is 0 Å². The van der Waals surface area contributed by atoms with Crippen LogP contribution in [0, 0.1) is 10.1 Å². The molecule has 3 N–H and O–H groups in total. The first-order valence-electron chi connectivity index (χ1n) is 5.93. The molecule has 0 aliphatic carbocycles. The fraction of sp³-hybridized carbons (Fsp3) is 0.0714. The fourth-order valence-electron chi connectivity index (χ4n) is 1.69. The van der Waals surface area contributed by atoms with Crippen molar-refractivity contribution in [2.45, 2.75) is 6.54 Å². The quantitative estimate of drug-likeness (QED) is 0.644. The summed E-state index contributed by atoms with van der Waals surface area (Å²) < 4.78 is 0. The van der Waals surface area contributed by atoms with Gasteiger partial charge in [-0.15, -0.1) is 0 Å². The van der Waals surface area contributed by atoms with Gasteiger partial charge in [-0.3, -0.25) is 14.9 Å². The summed E-state index contributed by atoms with van der Waals surface area (Å²) in [4.78, 5) is 21.0. The van der Waals surface area contributed by atoms with Crippen molar-refractivity contribution in [2.24, 2.45) is 5.73 Å². The van der Waals surface area contributed by atoms with E-state index in [0.29, 0.717) is 12.1 Å². The van der Waals surface area contributed by atoms with E-state index < -0.39 is 10.8 Å². The molecule has 20 heavy (non-hydrogen) atoms. The van der Waals surface area contributed by atoms with Gasteiger partial charge in [0.05, 0.1) is 4.92 Å². The van der Waals surface area contributed by atoms with E-state index in [-0.39, 0.29) is 5.69 Å². The van der Waals surface area contributed by atoms with E-state index in [4.69, 9.17) is 5.73 Å². The zero-order valence-electron chi connectivity index (χ0n) is 10.6. The Balaban J connectivity index is 1.97. The Morgan fingerprint density at radius 1 is 1.10 bits per heavy atom. The largest absolute Gasteiger partial charge is 0.381 e. The highest BCUT2D eigenvalue weighted by atomic mass is 16.6. The molecular formula is C14H13N3O3. The topological polar surface area (TPSA) is 98.3 Å². The molecule has 6 nitrogen and oxygen atoms in total. The van der Waals surface area contributed by atoms with E-state index in [1.807, 2.05) is 0 Å². The van der Waals surface area contributed by atoms with Crippen molar-refractivity contribution in [1.82, 2.24) is 0 Å². The van der Waals surface area contributed by atoms with Crippen LogP contribution in [0.3, 0.4) is 0 Å². The molecule has 0 aromatic heterocycles. The number of hydrogen-bond donors (Lipinski definition) is 2. The number of primary amides is 1. The van der Waals surface area contributed by atoms with E-state index in [2.05, 4.69) is 5.32 Å². The molecule has 0 aliphatic rings. The average molecular weight is 271 g/mol. The van der Waals surface area contributed by atoms with Gasteiger partial charge in [0, 0.05) is 29.9 Å². The number of carbonyl (C=O) groups is 1. The summed E-state index contributed by atoms with van der Waals surface area (Å²) in [6.45, 7) is 0.552. The minimum atomic E-state index is -0.458. The average Bonchev–Trinajstić information content (AvgIpc) is 2.46. The third-order valence-electron chi connectivity index (χ3n) is 2.81.